The van der Waals surface area contributed by atoms with Gasteiger partial charge in [0.15, 0.2) is 0 Å². The number of hydrogen-bond acceptors (Lipinski definition) is 7. The standard InChI is InChI=1S/C15H23BrN4O4S/c1-15(2,3)24-14(21)20(11-4-6-18-7-5-11)25(22,23)12-8-10(16)9-19-13(12)17/h8-9,11,18H,4-7H2,1-3H3,(H2,17,19). The van der Waals surface area contributed by atoms with Gasteiger partial charge < -0.3 is 15.8 Å². The van der Waals surface area contributed by atoms with E-state index in [9.17, 15) is 13.2 Å². The number of amides is 1. The Labute approximate surface area is 156 Å². The molecule has 1 aliphatic heterocycles. The minimum absolute atomic E-state index is 0.161. The van der Waals surface area contributed by atoms with Gasteiger partial charge in [-0.1, -0.05) is 0 Å². The van der Waals surface area contributed by atoms with E-state index >= 15 is 0 Å². The second kappa shape index (κ2) is 7.46. The summed E-state index contributed by atoms with van der Waals surface area (Å²) in [6.45, 7) is 6.30. The third kappa shape index (κ3) is 4.83. The van der Waals surface area contributed by atoms with Gasteiger partial charge in [0.1, 0.15) is 16.3 Å². The molecule has 1 aromatic heterocycles. The Morgan fingerprint density at radius 2 is 2.00 bits per heavy atom. The van der Waals surface area contributed by atoms with Crippen LogP contribution in [0.1, 0.15) is 33.6 Å². The molecule has 2 heterocycles. The Hall–Kier alpha value is -1.39. The maximum Gasteiger partial charge on any atom is 0.424 e. The number of pyridine rings is 1. The van der Waals surface area contributed by atoms with Crippen LogP contribution in [0.25, 0.3) is 0 Å². The highest BCUT2D eigenvalue weighted by atomic mass is 79.9. The summed E-state index contributed by atoms with van der Waals surface area (Å²) >= 11 is 3.19. The van der Waals surface area contributed by atoms with Gasteiger partial charge >= 0.3 is 6.09 Å². The minimum Gasteiger partial charge on any atom is -0.443 e. The van der Waals surface area contributed by atoms with E-state index in [4.69, 9.17) is 10.5 Å². The highest BCUT2D eigenvalue weighted by Crippen LogP contribution is 2.29. The van der Waals surface area contributed by atoms with Crippen molar-refractivity contribution in [3.05, 3.63) is 16.7 Å². The highest BCUT2D eigenvalue weighted by Gasteiger charge is 2.40. The van der Waals surface area contributed by atoms with Crippen LogP contribution in [-0.2, 0) is 14.8 Å². The van der Waals surface area contributed by atoms with Crippen molar-refractivity contribution >= 4 is 37.9 Å². The molecule has 1 fully saturated rings. The fourth-order valence-electron chi connectivity index (χ4n) is 2.54. The number of aromatic nitrogens is 1. The van der Waals surface area contributed by atoms with Gasteiger partial charge in [0.2, 0.25) is 0 Å². The first-order valence-corrected chi connectivity index (χ1v) is 10.1. The number of carbonyl (C=O) groups is 1. The zero-order chi connectivity index (χ0) is 18.8. The number of hydrogen-bond donors (Lipinski definition) is 2. The first-order valence-electron chi connectivity index (χ1n) is 7.91. The van der Waals surface area contributed by atoms with Crippen molar-refractivity contribution in [2.45, 2.75) is 50.2 Å². The number of anilines is 1. The molecule has 1 saturated heterocycles. The Kier molecular flexibility index (Phi) is 5.95. The van der Waals surface area contributed by atoms with E-state index in [0.29, 0.717) is 30.4 Å². The molecule has 25 heavy (non-hydrogen) atoms. The van der Waals surface area contributed by atoms with Crippen molar-refractivity contribution in [2.24, 2.45) is 0 Å². The number of piperidine rings is 1. The summed E-state index contributed by atoms with van der Waals surface area (Å²) in [5.41, 5.74) is 4.95. The smallest absolute Gasteiger partial charge is 0.424 e. The quantitative estimate of drug-likeness (QED) is 0.747. The maximum atomic E-state index is 13.2. The van der Waals surface area contributed by atoms with E-state index in [1.807, 2.05) is 0 Å². The third-order valence-corrected chi connectivity index (χ3v) is 5.88. The largest absolute Gasteiger partial charge is 0.443 e. The van der Waals surface area contributed by atoms with Crippen molar-refractivity contribution in [3.63, 3.8) is 0 Å². The van der Waals surface area contributed by atoms with Crippen LogP contribution in [0.3, 0.4) is 0 Å². The summed E-state index contributed by atoms with van der Waals surface area (Å²) in [5, 5.41) is 3.15. The van der Waals surface area contributed by atoms with Gasteiger partial charge in [0.05, 0.1) is 6.04 Å². The number of nitrogens with one attached hydrogen (secondary N) is 1. The monoisotopic (exact) mass is 434 g/mol. The molecule has 0 bridgehead atoms. The second-order valence-corrected chi connectivity index (χ2v) is 9.50. The zero-order valence-corrected chi connectivity index (χ0v) is 16.9. The minimum atomic E-state index is -4.21. The molecule has 2 rings (SSSR count). The van der Waals surface area contributed by atoms with E-state index in [1.54, 1.807) is 20.8 Å². The summed E-state index contributed by atoms with van der Waals surface area (Å²) in [6.07, 6.45) is 1.50. The van der Waals surface area contributed by atoms with Crippen LogP contribution in [0.5, 0.6) is 0 Å². The topological polar surface area (TPSA) is 115 Å². The van der Waals surface area contributed by atoms with E-state index in [-0.39, 0.29) is 10.7 Å². The molecule has 0 radical (unpaired) electrons. The lowest BCUT2D eigenvalue weighted by atomic mass is 10.1. The molecule has 0 spiro atoms. The van der Waals surface area contributed by atoms with Gasteiger partial charge in [-0.2, -0.15) is 4.31 Å². The molecule has 1 aliphatic rings. The molecular formula is C15H23BrN4O4S. The molecule has 0 atom stereocenters. The summed E-state index contributed by atoms with van der Waals surface area (Å²) in [4.78, 5) is 16.4. The molecular weight excluding hydrogens is 412 g/mol. The van der Waals surface area contributed by atoms with Gasteiger partial charge in [-0.25, -0.2) is 18.2 Å². The Morgan fingerprint density at radius 3 is 2.56 bits per heavy atom. The predicted octanol–water partition coefficient (Wildman–Crippen LogP) is 2.10. The van der Waals surface area contributed by atoms with Crippen LogP contribution >= 0.6 is 15.9 Å². The molecule has 1 aromatic rings. The van der Waals surface area contributed by atoms with Crippen LogP contribution in [0.2, 0.25) is 0 Å². The Bertz CT molecular complexity index is 742. The highest BCUT2D eigenvalue weighted by molar-refractivity contribution is 9.10. The molecule has 0 aromatic carbocycles. The molecule has 8 nitrogen and oxygen atoms in total. The first-order chi connectivity index (χ1) is 11.5. The number of nitrogens with two attached hydrogens (primary N) is 1. The fourth-order valence-corrected chi connectivity index (χ4v) is 4.66. The van der Waals surface area contributed by atoms with Gasteiger partial charge in [0, 0.05) is 10.7 Å². The number of halogens is 1. The predicted molar refractivity (Wildman–Crippen MR) is 97.5 cm³/mol. The van der Waals surface area contributed by atoms with Crippen molar-refractivity contribution < 1.29 is 17.9 Å². The van der Waals surface area contributed by atoms with Gasteiger partial charge in [-0.3, -0.25) is 0 Å². The number of sulfonamides is 1. The summed E-state index contributed by atoms with van der Waals surface area (Å²) in [7, 11) is -4.21. The molecule has 0 unspecified atom stereocenters. The molecule has 1 amide bonds. The lowest BCUT2D eigenvalue weighted by Gasteiger charge is -2.34. The van der Waals surface area contributed by atoms with E-state index in [0.717, 1.165) is 4.31 Å². The number of nitrogen functional groups attached to an aromatic ring is 1. The Balaban J connectivity index is 2.49. The van der Waals surface area contributed by atoms with Crippen molar-refractivity contribution in [1.29, 1.82) is 0 Å². The van der Waals surface area contributed by atoms with Crippen LogP contribution in [0.4, 0.5) is 10.6 Å². The average Bonchev–Trinajstić information content (AvgIpc) is 2.48. The van der Waals surface area contributed by atoms with E-state index in [2.05, 4.69) is 26.2 Å². The zero-order valence-electron chi connectivity index (χ0n) is 14.5. The number of carbonyl (C=O) groups excluding carboxylic acids is 1. The van der Waals surface area contributed by atoms with Gasteiger partial charge in [0.25, 0.3) is 10.0 Å². The van der Waals surface area contributed by atoms with E-state index < -0.39 is 27.8 Å². The molecule has 3 N–H and O–H groups in total. The fraction of sp³-hybridized carbons (Fsp3) is 0.600. The van der Waals surface area contributed by atoms with E-state index in [1.165, 1.54) is 12.3 Å². The summed E-state index contributed by atoms with van der Waals surface area (Å²) < 4.78 is 33.0. The lowest BCUT2D eigenvalue weighted by molar-refractivity contribution is 0.0319. The molecule has 0 saturated carbocycles. The number of nitrogens with zero attached hydrogens (tertiary/aromatic N) is 2. The second-order valence-electron chi connectivity index (χ2n) is 6.80. The maximum absolute atomic E-state index is 13.2. The van der Waals surface area contributed by atoms with Crippen LogP contribution in [0, 0.1) is 0 Å². The Morgan fingerprint density at radius 1 is 1.40 bits per heavy atom. The third-order valence-electron chi connectivity index (χ3n) is 3.60. The molecule has 0 aliphatic carbocycles. The first kappa shape index (κ1) is 19.9. The number of ether oxygens (including phenoxy) is 1. The molecule has 140 valence electrons. The normalized spacial score (nSPS) is 16.5. The van der Waals surface area contributed by atoms with Crippen molar-refractivity contribution in [2.75, 3.05) is 18.8 Å². The van der Waals surface area contributed by atoms with Crippen LogP contribution < -0.4 is 11.1 Å². The average molecular weight is 435 g/mol. The van der Waals surface area contributed by atoms with Crippen LogP contribution in [0.15, 0.2) is 21.6 Å². The van der Waals surface area contributed by atoms with Gasteiger partial charge in [-0.05, 0) is 68.7 Å². The summed E-state index contributed by atoms with van der Waals surface area (Å²) in [6, 6.07) is 0.843. The summed E-state index contributed by atoms with van der Waals surface area (Å²) in [5.74, 6) is -0.161. The van der Waals surface area contributed by atoms with Gasteiger partial charge in [-0.15, -0.1) is 0 Å². The SMILES string of the molecule is CC(C)(C)OC(=O)N(C1CCNCC1)S(=O)(=O)c1cc(Br)cnc1N. The van der Waals surface area contributed by atoms with Crippen molar-refractivity contribution in [1.82, 2.24) is 14.6 Å². The number of rotatable bonds is 3. The van der Waals surface area contributed by atoms with Crippen LogP contribution in [-0.4, -0.2) is 48.5 Å². The molecule has 10 heteroatoms. The van der Waals surface area contributed by atoms with Crippen molar-refractivity contribution in [3.8, 4) is 0 Å². The lowest BCUT2D eigenvalue weighted by Crippen LogP contribution is -2.50.